The van der Waals surface area contributed by atoms with Crippen molar-refractivity contribution in [2.24, 2.45) is 5.92 Å². The summed E-state index contributed by atoms with van der Waals surface area (Å²) in [5.74, 6) is 0.321. The van der Waals surface area contributed by atoms with Crippen LogP contribution in [0.3, 0.4) is 0 Å². The third-order valence-electron chi connectivity index (χ3n) is 3.90. The van der Waals surface area contributed by atoms with E-state index in [0.717, 1.165) is 24.2 Å². The Morgan fingerprint density at radius 2 is 2.04 bits per heavy atom. The highest BCUT2D eigenvalue weighted by molar-refractivity contribution is 5.92. The van der Waals surface area contributed by atoms with E-state index in [4.69, 9.17) is 15.7 Å². The number of rotatable bonds is 3. The first-order valence-electron chi connectivity index (χ1n) is 7.41. The van der Waals surface area contributed by atoms with Crippen LogP contribution in [0.25, 0.3) is 5.69 Å². The Kier molecular flexibility index (Phi) is 4.26. The van der Waals surface area contributed by atoms with Gasteiger partial charge < -0.3 is 15.8 Å². The van der Waals surface area contributed by atoms with E-state index in [1.807, 2.05) is 6.07 Å². The number of carbonyl (C=O) groups is 1. The predicted molar refractivity (Wildman–Crippen MR) is 84.9 cm³/mol. The van der Waals surface area contributed by atoms with Crippen LogP contribution in [-0.2, 0) is 9.53 Å². The van der Waals surface area contributed by atoms with Crippen molar-refractivity contribution in [2.75, 3.05) is 24.3 Å². The Morgan fingerprint density at radius 1 is 1.35 bits per heavy atom. The molecule has 1 aliphatic heterocycles. The molecule has 0 unspecified atom stereocenters. The highest BCUT2D eigenvalue weighted by Crippen LogP contribution is 2.20. The summed E-state index contributed by atoms with van der Waals surface area (Å²) < 4.78 is 6.75. The number of aromatic nitrogens is 2. The maximum Gasteiger partial charge on any atom is 0.227 e. The van der Waals surface area contributed by atoms with Crippen LogP contribution in [0.15, 0.2) is 30.5 Å². The molecule has 1 fully saturated rings. The highest BCUT2D eigenvalue weighted by Gasteiger charge is 2.21. The molecule has 7 heteroatoms. The summed E-state index contributed by atoms with van der Waals surface area (Å²) in [6, 6.07) is 9.16. The molecule has 23 heavy (non-hydrogen) atoms. The first-order valence-corrected chi connectivity index (χ1v) is 7.41. The number of ether oxygens (including phenoxy) is 1. The van der Waals surface area contributed by atoms with Gasteiger partial charge in [0.05, 0.1) is 11.9 Å². The fraction of sp³-hybridized carbons (Fsp3) is 0.312. The molecule has 1 amide bonds. The standard InChI is InChI=1S/C16H17N5O2/c17-9-12-10-19-21(15(12)18)14-3-1-13(2-4-14)20-16(22)11-5-7-23-8-6-11/h1-4,10-11H,5-8,18H2,(H,20,22). The van der Waals surface area contributed by atoms with E-state index in [2.05, 4.69) is 10.4 Å². The van der Waals surface area contributed by atoms with Crippen LogP contribution < -0.4 is 11.1 Å². The van der Waals surface area contributed by atoms with E-state index in [1.165, 1.54) is 10.9 Å². The number of nitrogens with zero attached hydrogens (tertiary/aromatic N) is 3. The first-order chi connectivity index (χ1) is 11.2. The van der Waals surface area contributed by atoms with Gasteiger partial charge in [-0.05, 0) is 37.1 Å². The molecule has 2 heterocycles. The molecule has 2 aromatic rings. The lowest BCUT2D eigenvalue weighted by Crippen LogP contribution is -2.28. The third kappa shape index (κ3) is 3.17. The van der Waals surface area contributed by atoms with Crippen molar-refractivity contribution in [3.8, 4) is 11.8 Å². The SMILES string of the molecule is N#Cc1cnn(-c2ccc(NC(=O)C3CCOCC3)cc2)c1N. The van der Waals surface area contributed by atoms with E-state index >= 15 is 0 Å². The second kappa shape index (κ2) is 6.50. The molecular weight excluding hydrogens is 294 g/mol. The molecule has 0 spiro atoms. The second-order valence-corrected chi connectivity index (χ2v) is 5.39. The van der Waals surface area contributed by atoms with Crippen LogP contribution >= 0.6 is 0 Å². The Balaban J connectivity index is 1.70. The Hall–Kier alpha value is -2.85. The van der Waals surface area contributed by atoms with Crippen LogP contribution in [0.1, 0.15) is 18.4 Å². The van der Waals surface area contributed by atoms with Gasteiger partial charge in [-0.2, -0.15) is 10.4 Å². The van der Waals surface area contributed by atoms with Gasteiger partial charge in [-0.3, -0.25) is 4.79 Å². The minimum absolute atomic E-state index is 0.00312. The lowest BCUT2D eigenvalue weighted by molar-refractivity contribution is -0.122. The minimum Gasteiger partial charge on any atom is -0.382 e. The number of amides is 1. The summed E-state index contributed by atoms with van der Waals surface area (Å²) in [7, 11) is 0. The number of hydrogen-bond donors (Lipinski definition) is 2. The largest absolute Gasteiger partial charge is 0.382 e. The number of nitrogens with one attached hydrogen (secondary N) is 1. The quantitative estimate of drug-likeness (QED) is 0.897. The minimum atomic E-state index is 0.00312. The monoisotopic (exact) mass is 311 g/mol. The zero-order valence-corrected chi connectivity index (χ0v) is 12.5. The van der Waals surface area contributed by atoms with E-state index in [9.17, 15) is 4.79 Å². The molecule has 1 aliphatic rings. The first kappa shape index (κ1) is 15.1. The normalized spacial score (nSPS) is 15.1. The fourth-order valence-electron chi connectivity index (χ4n) is 2.54. The number of hydrogen-bond acceptors (Lipinski definition) is 5. The topological polar surface area (TPSA) is 106 Å². The second-order valence-electron chi connectivity index (χ2n) is 5.39. The van der Waals surface area contributed by atoms with Gasteiger partial charge in [0.25, 0.3) is 0 Å². The third-order valence-corrected chi connectivity index (χ3v) is 3.90. The van der Waals surface area contributed by atoms with Crippen LogP contribution in [0.4, 0.5) is 11.5 Å². The van der Waals surface area contributed by atoms with Gasteiger partial charge in [0.2, 0.25) is 5.91 Å². The molecule has 0 saturated carbocycles. The fourth-order valence-corrected chi connectivity index (χ4v) is 2.54. The Labute approximate surface area is 133 Å². The van der Waals surface area contributed by atoms with Crippen LogP contribution in [0.2, 0.25) is 0 Å². The molecule has 1 saturated heterocycles. The average Bonchev–Trinajstić information content (AvgIpc) is 2.97. The lowest BCUT2D eigenvalue weighted by Gasteiger charge is -2.21. The predicted octanol–water partition coefficient (Wildman–Crippen LogP) is 1.69. The molecule has 7 nitrogen and oxygen atoms in total. The van der Waals surface area contributed by atoms with E-state index in [1.54, 1.807) is 24.3 Å². The average molecular weight is 311 g/mol. The molecule has 0 bridgehead atoms. The summed E-state index contributed by atoms with van der Waals surface area (Å²) >= 11 is 0. The molecule has 3 rings (SSSR count). The molecule has 1 aromatic heterocycles. The summed E-state index contributed by atoms with van der Waals surface area (Å²) in [6.07, 6.45) is 2.94. The van der Waals surface area contributed by atoms with Gasteiger partial charge in [-0.15, -0.1) is 0 Å². The van der Waals surface area contributed by atoms with Crippen molar-refractivity contribution in [1.82, 2.24) is 9.78 Å². The molecule has 0 atom stereocenters. The maximum absolute atomic E-state index is 12.2. The molecule has 1 aromatic carbocycles. The van der Waals surface area contributed by atoms with Crippen LogP contribution in [0, 0.1) is 17.2 Å². The maximum atomic E-state index is 12.2. The van der Waals surface area contributed by atoms with Gasteiger partial charge in [0.1, 0.15) is 17.5 Å². The summed E-state index contributed by atoms with van der Waals surface area (Å²) in [4.78, 5) is 12.2. The number of nitrogen functional groups attached to an aromatic ring is 1. The molecule has 0 radical (unpaired) electrons. The number of carbonyl (C=O) groups excluding carboxylic acids is 1. The number of benzene rings is 1. The summed E-state index contributed by atoms with van der Waals surface area (Å²) in [5.41, 5.74) is 7.64. The summed E-state index contributed by atoms with van der Waals surface area (Å²) in [6.45, 7) is 1.27. The van der Waals surface area contributed by atoms with Crippen molar-refractivity contribution >= 4 is 17.4 Å². The zero-order valence-electron chi connectivity index (χ0n) is 12.5. The summed E-state index contributed by atoms with van der Waals surface area (Å²) in [5, 5.41) is 15.9. The van der Waals surface area contributed by atoms with Gasteiger partial charge in [-0.25, -0.2) is 4.68 Å². The van der Waals surface area contributed by atoms with Crippen molar-refractivity contribution in [1.29, 1.82) is 5.26 Å². The van der Waals surface area contributed by atoms with Gasteiger partial charge in [-0.1, -0.05) is 0 Å². The zero-order chi connectivity index (χ0) is 16.2. The van der Waals surface area contributed by atoms with E-state index in [-0.39, 0.29) is 11.8 Å². The smallest absolute Gasteiger partial charge is 0.227 e. The van der Waals surface area contributed by atoms with Crippen molar-refractivity contribution in [3.63, 3.8) is 0 Å². The number of nitriles is 1. The highest BCUT2D eigenvalue weighted by atomic mass is 16.5. The van der Waals surface area contributed by atoms with Crippen molar-refractivity contribution < 1.29 is 9.53 Å². The van der Waals surface area contributed by atoms with Crippen molar-refractivity contribution in [3.05, 3.63) is 36.0 Å². The van der Waals surface area contributed by atoms with E-state index in [0.29, 0.717) is 24.6 Å². The van der Waals surface area contributed by atoms with E-state index < -0.39 is 0 Å². The Bertz CT molecular complexity index is 739. The Morgan fingerprint density at radius 3 is 2.65 bits per heavy atom. The van der Waals surface area contributed by atoms with Gasteiger partial charge >= 0.3 is 0 Å². The van der Waals surface area contributed by atoms with Crippen LogP contribution in [-0.4, -0.2) is 28.9 Å². The molecule has 3 N–H and O–H groups in total. The molecule has 118 valence electrons. The van der Waals surface area contributed by atoms with Gasteiger partial charge in [0.15, 0.2) is 0 Å². The van der Waals surface area contributed by atoms with Crippen molar-refractivity contribution in [2.45, 2.75) is 12.8 Å². The lowest BCUT2D eigenvalue weighted by atomic mass is 9.99. The molecule has 0 aliphatic carbocycles. The molecular formula is C16H17N5O2. The number of nitrogens with two attached hydrogens (primary N) is 1. The number of anilines is 2. The van der Waals surface area contributed by atoms with Crippen LogP contribution in [0.5, 0.6) is 0 Å². The van der Waals surface area contributed by atoms with Gasteiger partial charge in [0, 0.05) is 24.8 Å².